The van der Waals surface area contributed by atoms with Gasteiger partial charge in [0.15, 0.2) is 0 Å². The molecule has 0 aliphatic carbocycles. The molecule has 0 amide bonds. The Labute approximate surface area is 70.7 Å². The normalized spacial score (nSPS) is 13.4. The molecule has 3 heteroatoms. The highest BCUT2D eigenvalue weighted by Crippen LogP contribution is 2.23. The summed E-state index contributed by atoms with van der Waals surface area (Å²) in [6, 6.07) is 2.04. The first-order valence-electron chi connectivity index (χ1n) is 3.74. The molecule has 0 aliphatic rings. The fraction of sp³-hybridized carbons (Fsp3) is 0.500. The summed E-state index contributed by atoms with van der Waals surface area (Å²) >= 11 is 1.58. The summed E-state index contributed by atoms with van der Waals surface area (Å²) < 4.78 is 0. The molecule has 62 valence electrons. The number of aliphatic hydroxyl groups excluding tert-OH is 1. The van der Waals surface area contributed by atoms with Crippen molar-refractivity contribution >= 4 is 11.3 Å². The molecule has 0 spiro atoms. The van der Waals surface area contributed by atoms with Crippen molar-refractivity contribution in [2.75, 3.05) is 6.54 Å². The lowest BCUT2D eigenvalue weighted by Gasteiger charge is -2.06. The van der Waals surface area contributed by atoms with Crippen molar-refractivity contribution in [1.29, 1.82) is 0 Å². The number of hydrogen-bond donors (Lipinski definition) is 2. The highest BCUT2D eigenvalue weighted by atomic mass is 32.1. The van der Waals surface area contributed by atoms with Crippen molar-refractivity contribution in [2.45, 2.75) is 19.4 Å². The topological polar surface area (TPSA) is 46.2 Å². The first-order valence-corrected chi connectivity index (χ1v) is 4.62. The second-order valence-corrected chi connectivity index (χ2v) is 3.36. The molecule has 0 saturated carbocycles. The minimum atomic E-state index is -0.468. The van der Waals surface area contributed by atoms with Gasteiger partial charge < -0.3 is 10.8 Å². The van der Waals surface area contributed by atoms with E-state index in [1.807, 2.05) is 11.4 Å². The maximum absolute atomic E-state index is 9.42. The maximum atomic E-state index is 9.42. The molecule has 0 fully saturated rings. The van der Waals surface area contributed by atoms with Crippen LogP contribution in [0.3, 0.4) is 0 Å². The van der Waals surface area contributed by atoms with Gasteiger partial charge in [0, 0.05) is 11.4 Å². The molecule has 0 aromatic carbocycles. The summed E-state index contributed by atoms with van der Waals surface area (Å²) in [7, 11) is 0. The van der Waals surface area contributed by atoms with Crippen LogP contribution in [0.5, 0.6) is 0 Å². The van der Waals surface area contributed by atoms with E-state index in [1.165, 1.54) is 5.56 Å². The van der Waals surface area contributed by atoms with Gasteiger partial charge in [-0.25, -0.2) is 0 Å². The Morgan fingerprint density at radius 1 is 1.73 bits per heavy atom. The number of rotatable bonds is 3. The molecule has 0 saturated heterocycles. The Balaban J connectivity index is 2.83. The van der Waals surface area contributed by atoms with E-state index in [0.29, 0.717) is 6.54 Å². The number of thiophene rings is 1. The van der Waals surface area contributed by atoms with Gasteiger partial charge in [0.2, 0.25) is 0 Å². The van der Waals surface area contributed by atoms with E-state index in [1.54, 1.807) is 11.3 Å². The highest BCUT2D eigenvalue weighted by molar-refractivity contribution is 7.10. The molecule has 1 aromatic heterocycles. The van der Waals surface area contributed by atoms with Crippen LogP contribution in [0.15, 0.2) is 11.4 Å². The lowest BCUT2D eigenvalue weighted by molar-refractivity contribution is 0.189. The molecular weight excluding hydrogens is 158 g/mol. The number of nitrogens with two attached hydrogens (primary N) is 1. The Morgan fingerprint density at radius 2 is 2.45 bits per heavy atom. The summed E-state index contributed by atoms with van der Waals surface area (Å²) in [4.78, 5) is 1.02. The molecule has 0 aliphatic heterocycles. The zero-order valence-electron chi connectivity index (χ0n) is 6.58. The van der Waals surface area contributed by atoms with Gasteiger partial charge in [0.25, 0.3) is 0 Å². The van der Waals surface area contributed by atoms with Crippen molar-refractivity contribution < 1.29 is 5.11 Å². The predicted octanol–water partition coefficient (Wildman–Crippen LogP) is 1.30. The predicted molar refractivity (Wildman–Crippen MR) is 47.7 cm³/mol. The molecule has 1 heterocycles. The van der Waals surface area contributed by atoms with E-state index in [0.717, 1.165) is 11.3 Å². The minimum absolute atomic E-state index is 0.313. The van der Waals surface area contributed by atoms with Crippen LogP contribution in [0.4, 0.5) is 0 Å². The lowest BCUT2D eigenvalue weighted by atomic mass is 10.1. The summed E-state index contributed by atoms with van der Waals surface area (Å²) in [6.07, 6.45) is 0.501. The molecule has 3 N–H and O–H groups in total. The SMILES string of the molecule is CCc1ccsc1[C@H](O)CN. The second kappa shape index (κ2) is 3.85. The molecule has 1 rings (SSSR count). The molecule has 1 atom stereocenters. The Bertz CT molecular complexity index is 222. The van der Waals surface area contributed by atoms with Crippen molar-refractivity contribution in [3.8, 4) is 0 Å². The van der Waals surface area contributed by atoms with Gasteiger partial charge in [-0.3, -0.25) is 0 Å². The molecule has 1 aromatic rings. The van der Waals surface area contributed by atoms with Crippen molar-refractivity contribution in [2.24, 2.45) is 5.73 Å². The van der Waals surface area contributed by atoms with Crippen LogP contribution < -0.4 is 5.73 Å². The van der Waals surface area contributed by atoms with Crippen LogP contribution in [0, 0.1) is 0 Å². The molecule has 0 unspecified atom stereocenters. The van der Waals surface area contributed by atoms with Crippen molar-refractivity contribution in [1.82, 2.24) is 0 Å². The van der Waals surface area contributed by atoms with E-state index < -0.39 is 6.10 Å². The molecule has 0 radical (unpaired) electrons. The van der Waals surface area contributed by atoms with E-state index in [4.69, 9.17) is 5.73 Å². The van der Waals surface area contributed by atoms with E-state index >= 15 is 0 Å². The van der Waals surface area contributed by atoms with Crippen LogP contribution in [0.1, 0.15) is 23.5 Å². The van der Waals surface area contributed by atoms with Crippen LogP contribution in [-0.4, -0.2) is 11.7 Å². The highest BCUT2D eigenvalue weighted by Gasteiger charge is 2.10. The van der Waals surface area contributed by atoms with E-state index in [9.17, 15) is 5.11 Å². The van der Waals surface area contributed by atoms with Gasteiger partial charge in [-0.15, -0.1) is 11.3 Å². The van der Waals surface area contributed by atoms with Crippen LogP contribution >= 0.6 is 11.3 Å². The van der Waals surface area contributed by atoms with Gasteiger partial charge in [0.05, 0.1) is 0 Å². The third-order valence-electron chi connectivity index (χ3n) is 1.69. The number of aliphatic hydroxyl groups is 1. The van der Waals surface area contributed by atoms with E-state index in [2.05, 4.69) is 6.92 Å². The fourth-order valence-corrected chi connectivity index (χ4v) is 2.03. The summed E-state index contributed by atoms with van der Waals surface area (Å²) in [6.45, 7) is 2.39. The average molecular weight is 171 g/mol. The Morgan fingerprint density at radius 3 is 3.00 bits per heavy atom. The molecule has 2 nitrogen and oxygen atoms in total. The fourth-order valence-electron chi connectivity index (χ4n) is 1.04. The number of hydrogen-bond acceptors (Lipinski definition) is 3. The lowest BCUT2D eigenvalue weighted by Crippen LogP contribution is -2.11. The quantitative estimate of drug-likeness (QED) is 0.720. The molecule has 11 heavy (non-hydrogen) atoms. The molecular formula is C8H13NOS. The van der Waals surface area contributed by atoms with Crippen LogP contribution in [-0.2, 0) is 6.42 Å². The standard InChI is InChI=1S/C8H13NOS/c1-2-6-3-4-11-8(6)7(10)5-9/h3-4,7,10H,2,5,9H2,1H3/t7-/m1/s1. The third kappa shape index (κ3) is 1.80. The minimum Gasteiger partial charge on any atom is -0.386 e. The number of aryl methyl sites for hydroxylation is 1. The monoisotopic (exact) mass is 171 g/mol. The van der Waals surface area contributed by atoms with Gasteiger partial charge in [0.1, 0.15) is 6.10 Å². The maximum Gasteiger partial charge on any atom is 0.101 e. The smallest absolute Gasteiger partial charge is 0.101 e. The third-order valence-corrected chi connectivity index (χ3v) is 2.75. The molecule has 0 bridgehead atoms. The Hall–Kier alpha value is -0.380. The first-order chi connectivity index (χ1) is 5.29. The summed E-state index contributed by atoms with van der Waals surface area (Å²) in [5.74, 6) is 0. The second-order valence-electron chi connectivity index (χ2n) is 2.42. The van der Waals surface area contributed by atoms with Crippen LogP contribution in [0.25, 0.3) is 0 Å². The average Bonchev–Trinajstić information content (AvgIpc) is 2.50. The van der Waals surface area contributed by atoms with Gasteiger partial charge in [-0.1, -0.05) is 6.92 Å². The Kier molecular flexibility index (Phi) is 3.05. The van der Waals surface area contributed by atoms with Crippen LogP contribution in [0.2, 0.25) is 0 Å². The summed E-state index contributed by atoms with van der Waals surface area (Å²) in [5, 5.41) is 11.4. The van der Waals surface area contributed by atoms with Gasteiger partial charge >= 0.3 is 0 Å². The zero-order valence-corrected chi connectivity index (χ0v) is 7.40. The zero-order chi connectivity index (χ0) is 8.27. The van der Waals surface area contributed by atoms with Gasteiger partial charge in [-0.2, -0.15) is 0 Å². The van der Waals surface area contributed by atoms with Crippen molar-refractivity contribution in [3.63, 3.8) is 0 Å². The largest absolute Gasteiger partial charge is 0.386 e. The summed E-state index contributed by atoms with van der Waals surface area (Å²) in [5.41, 5.74) is 6.56. The first kappa shape index (κ1) is 8.71. The van der Waals surface area contributed by atoms with E-state index in [-0.39, 0.29) is 0 Å². The van der Waals surface area contributed by atoms with Gasteiger partial charge in [-0.05, 0) is 23.4 Å². The van der Waals surface area contributed by atoms with Crippen molar-refractivity contribution in [3.05, 3.63) is 21.9 Å².